The quantitative estimate of drug-likeness (QED) is 0.439. The van der Waals surface area contributed by atoms with Gasteiger partial charge in [0.2, 0.25) is 0 Å². The van der Waals surface area contributed by atoms with Crippen molar-refractivity contribution >= 4 is 21.9 Å². The Morgan fingerprint density at radius 3 is 2.89 bits per heavy atom. The van der Waals surface area contributed by atoms with Crippen LogP contribution in [0.2, 0.25) is 0 Å². The summed E-state index contributed by atoms with van der Waals surface area (Å²) in [6.45, 7) is 3.80. The van der Waals surface area contributed by atoms with Gasteiger partial charge in [-0.3, -0.25) is 20.1 Å². The second-order valence-corrected chi connectivity index (χ2v) is 6.67. The molecule has 0 aliphatic carbocycles. The maximum atomic E-state index is 4.59. The van der Waals surface area contributed by atoms with Crippen LogP contribution in [0, 0.1) is 0 Å². The highest BCUT2D eigenvalue weighted by atomic mass is 15.1. The molecule has 0 aromatic carbocycles. The lowest BCUT2D eigenvalue weighted by molar-refractivity contribution is 0.724. The number of hydrogen-bond donors (Lipinski definition) is 3. The highest BCUT2D eigenvalue weighted by Crippen LogP contribution is 2.30. The van der Waals surface area contributed by atoms with Crippen LogP contribution >= 0.6 is 0 Å². The van der Waals surface area contributed by atoms with Gasteiger partial charge in [-0.15, -0.1) is 0 Å². The topological polar surface area (TPSA) is 95.2 Å². The molecule has 0 unspecified atom stereocenters. The molecule has 0 amide bonds. The van der Waals surface area contributed by atoms with Gasteiger partial charge in [0.15, 0.2) is 0 Å². The summed E-state index contributed by atoms with van der Waals surface area (Å²) in [4.78, 5) is 16.8. The zero-order valence-electron chi connectivity index (χ0n) is 15.4. The van der Waals surface area contributed by atoms with E-state index in [0.717, 1.165) is 63.2 Å². The number of nitrogens with zero attached hydrogens (tertiary/aromatic N) is 4. The van der Waals surface area contributed by atoms with Crippen molar-refractivity contribution in [3.05, 3.63) is 60.7 Å². The van der Waals surface area contributed by atoms with E-state index >= 15 is 0 Å². The van der Waals surface area contributed by atoms with Gasteiger partial charge < -0.3 is 10.3 Å². The first-order chi connectivity index (χ1) is 13.8. The van der Waals surface area contributed by atoms with Gasteiger partial charge >= 0.3 is 0 Å². The van der Waals surface area contributed by atoms with E-state index in [9.17, 15) is 0 Å². The minimum atomic E-state index is 0.790. The van der Waals surface area contributed by atoms with Crippen LogP contribution in [0.25, 0.3) is 44.6 Å². The Morgan fingerprint density at radius 2 is 2.00 bits per heavy atom. The molecule has 0 aliphatic heterocycles. The van der Waals surface area contributed by atoms with Crippen molar-refractivity contribution in [1.29, 1.82) is 0 Å². The second kappa shape index (κ2) is 6.86. The fourth-order valence-electron chi connectivity index (χ4n) is 3.36. The average molecular weight is 369 g/mol. The Balaban J connectivity index is 1.58. The predicted octanol–water partition coefficient (Wildman–Crippen LogP) is 3.67. The Labute approximate surface area is 161 Å². The van der Waals surface area contributed by atoms with E-state index in [1.165, 1.54) is 0 Å². The van der Waals surface area contributed by atoms with Crippen LogP contribution in [0.1, 0.15) is 12.5 Å². The van der Waals surface area contributed by atoms with Crippen LogP contribution in [-0.2, 0) is 6.54 Å². The highest BCUT2D eigenvalue weighted by molar-refractivity contribution is 5.96. The van der Waals surface area contributed by atoms with Crippen LogP contribution in [0.15, 0.2) is 55.1 Å². The number of rotatable bonds is 5. The molecule has 28 heavy (non-hydrogen) atoms. The third kappa shape index (κ3) is 2.91. The first-order valence-corrected chi connectivity index (χ1v) is 9.25. The molecule has 0 saturated carbocycles. The van der Waals surface area contributed by atoms with E-state index in [2.05, 4.69) is 54.5 Å². The van der Waals surface area contributed by atoms with Gasteiger partial charge in [0.25, 0.3) is 0 Å². The first-order valence-electron chi connectivity index (χ1n) is 9.25. The number of aromatic amines is 2. The zero-order chi connectivity index (χ0) is 18.9. The molecular weight excluding hydrogens is 350 g/mol. The van der Waals surface area contributed by atoms with E-state index in [1.54, 1.807) is 6.20 Å². The molecule has 138 valence electrons. The lowest BCUT2D eigenvalue weighted by Crippen LogP contribution is -2.11. The van der Waals surface area contributed by atoms with Gasteiger partial charge in [-0.2, -0.15) is 5.10 Å². The lowest BCUT2D eigenvalue weighted by Gasteiger charge is -2.05. The molecule has 0 saturated heterocycles. The minimum Gasteiger partial charge on any atom is -0.352 e. The van der Waals surface area contributed by atoms with Crippen LogP contribution in [0.5, 0.6) is 0 Å². The van der Waals surface area contributed by atoms with Crippen molar-refractivity contribution < 1.29 is 0 Å². The Kier molecular flexibility index (Phi) is 4.06. The van der Waals surface area contributed by atoms with Crippen molar-refractivity contribution in [2.75, 3.05) is 6.54 Å². The molecule has 0 aliphatic rings. The van der Waals surface area contributed by atoms with Crippen molar-refractivity contribution in [3.63, 3.8) is 0 Å². The van der Waals surface area contributed by atoms with E-state index in [1.807, 2.05) is 36.8 Å². The summed E-state index contributed by atoms with van der Waals surface area (Å²) in [5.41, 5.74) is 7.58. The normalized spacial score (nSPS) is 11.5. The number of nitrogens with one attached hydrogen (secondary N) is 3. The highest BCUT2D eigenvalue weighted by Gasteiger charge is 2.13. The molecule has 0 radical (unpaired) electrons. The third-order valence-electron chi connectivity index (χ3n) is 4.76. The summed E-state index contributed by atoms with van der Waals surface area (Å²) >= 11 is 0. The van der Waals surface area contributed by atoms with Crippen molar-refractivity contribution in [2.45, 2.75) is 13.5 Å². The van der Waals surface area contributed by atoms with E-state index in [0.29, 0.717) is 0 Å². The molecule has 3 N–H and O–H groups in total. The predicted molar refractivity (Wildman–Crippen MR) is 110 cm³/mol. The zero-order valence-corrected chi connectivity index (χ0v) is 15.4. The molecule has 7 nitrogen and oxygen atoms in total. The summed E-state index contributed by atoms with van der Waals surface area (Å²) in [7, 11) is 0. The van der Waals surface area contributed by atoms with Crippen LogP contribution in [0.3, 0.4) is 0 Å². The standard InChI is InChI=1S/C21H19N7/c1-2-22-9-13-6-14(11-23-10-13)17-7-15-20(12-25-17)27-28-21(15)19-8-18-16(26-19)4-3-5-24-18/h3-8,10-12,22,26H,2,9H2,1H3,(H,27,28). The molecule has 5 aromatic rings. The van der Waals surface area contributed by atoms with Crippen molar-refractivity contribution in [1.82, 2.24) is 35.5 Å². The molecule has 0 fully saturated rings. The van der Waals surface area contributed by atoms with Gasteiger partial charge in [0.1, 0.15) is 5.69 Å². The van der Waals surface area contributed by atoms with Gasteiger partial charge in [-0.25, -0.2) is 0 Å². The molecule has 7 heteroatoms. The largest absolute Gasteiger partial charge is 0.352 e. The molecule has 5 aromatic heterocycles. The number of fused-ring (bicyclic) bond motifs is 2. The van der Waals surface area contributed by atoms with Crippen molar-refractivity contribution in [3.8, 4) is 22.6 Å². The van der Waals surface area contributed by atoms with Crippen LogP contribution in [-0.4, -0.2) is 36.7 Å². The summed E-state index contributed by atoms with van der Waals surface area (Å²) in [5, 5.41) is 11.9. The van der Waals surface area contributed by atoms with E-state index in [-0.39, 0.29) is 0 Å². The van der Waals surface area contributed by atoms with Gasteiger partial charge in [0, 0.05) is 36.1 Å². The summed E-state index contributed by atoms with van der Waals surface area (Å²) < 4.78 is 0. The van der Waals surface area contributed by atoms with Gasteiger partial charge in [-0.05, 0) is 42.4 Å². The average Bonchev–Trinajstić information content (AvgIpc) is 3.35. The SMILES string of the molecule is CCNCc1cncc(-c2cc3c(-c4cc5ncccc5[nH]4)n[nH]c3cn2)c1. The first kappa shape index (κ1) is 16.6. The molecule has 0 spiro atoms. The summed E-state index contributed by atoms with van der Waals surface area (Å²) in [5.74, 6) is 0. The molecule has 0 atom stereocenters. The molecular formula is C21H19N7. The Morgan fingerprint density at radius 1 is 1.04 bits per heavy atom. The summed E-state index contributed by atoms with van der Waals surface area (Å²) in [6, 6.07) is 10.1. The van der Waals surface area contributed by atoms with Gasteiger partial charge in [0.05, 0.1) is 34.1 Å². The van der Waals surface area contributed by atoms with E-state index < -0.39 is 0 Å². The van der Waals surface area contributed by atoms with Crippen LogP contribution < -0.4 is 5.32 Å². The maximum Gasteiger partial charge on any atom is 0.116 e. The number of pyridine rings is 3. The number of aromatic nitrogens is 6. The molecule has 0 bridgehead atoms. The fraction of sp³-hybridized carbons (Fsp3) is 0.143. The molecule has 5 heterocycles. The summed E-state index contributed by atoms with van der Waals surface area (Å²) in [6.07, 6.45) is 7.33. The van der Waals surface area contributed by atoms with Crippen molar-refractivity contribution in [2.24, 2.45) is 0 Å². The monoisotopic (exact) mass is 369 g/mol. The van der Waals surface area contributed by atoms with Gasteiger partial charge in [-0.1, -0.05) is 6.92 Å². The molecule has 5 rings (SSSR count). The smallest absolute Gasteiger partial charge is 0.116 e. The maximum absolute atomic E-state index is 4.59. The second-order valence-electron chi connectivity index (χ2n) is 6.67. The van der Waals surface area contributed by atoms with E-state index in [4.69, 9.17) is 0 Å². The Hall–Kier alpha value is -3.58. The third-order valence-corrected chi connectivity index (χ3v) is 4.76. The fourth-order valence-corrected chi connectivity index (χ4v) is 3.36. The number of H-pyrrole nitrogens is 2. The minimum absolute atomic E-state index is 0.790. The lowest BCUT2D eigenvalue weighted by atomic mass is 10.1. The Bertz CT molecular complexity index is 1240. The number of hydrogen-bond acceptors (Lipinski definition) is 5. The van der Waals surface area contributed by atoms with Crippen LogP contribution in [0.4, 0.5) is 0 Å².